The minimum absolute atomic E-state index is 1.00. The molecule has 3 nitrogen and oxygen atoms in total. The fraction of sp³-hybridized carbons (Fsp3) is 0.333. The highest BCUT2D eigenvalue weighted by Gasteiger charge is 1.92. The van der Waals surface area contributed by atoms with Gasteiger partial charge in [0.15, 0.2) is 0 Å². The van der Waals surface area contributed by atoms with Gasteiger partial charge in [-0.15, -0.1) is 47.5 Å². The van der Waals surface area contributed by atoms with E-state index < -0.39 is 7.32 Å². The van der Waals surface area contributed by atoms with Crippen molar-refractivity contribution in [1.29, 1.82) is 0 Å². The Morgan fingerprint density at radius 3 is 0.812 bits per heavy atom. The summed E-state index contributed by atoms with van der Waals surface area (Å²) in [6.07, 6.45) is 8.51. The molecule has 0 aliphatic heterocycles. The lowest BCUT2D eigenvalue weighted by atomic mass is 10.3. The lowest BCUT2D eigenvalue weighted by Gasteiger charge is -1.69. The molecule has 0 rings (SSSR count). The molecule has 0 saturated carbocycles. The van der Waals surface area contributed by atoms with E-state index in [0.717, 1.165) is 18.5 Å². The summed E-state index contributed by atoms with van der Waals surface area (Å²) in [5, 5.41) is 21.5. The molecular weight excluding hydrogens is 260 g/mol. The minimum Gasteiger partial charge on any atom is -0.402 e. The summed E-state index contributed by atoms with van der Waals surface area (Å²) in [5.41, 5.74) is 0. The zero-order valence-corrected chi connectivity index (χ0v) is 13.1. The van der Waals surface area contributed by atoms with Gasteiger partial charge in [-0.25, -0.2) is 0 Å². The van der Waals surface area contributed by atoms with E-state index in [1.807, 2.05) is 18.2 Å². The normalized spacial score (nSPS) is 6.38. The predicted molar refractivity (Wildman–Crippen MR) is 86.7 cm³/mol. The molecule has 3 N–H and O–H groups in total. The molecule has 0 saturated heterocycles. The van der Waals surface area contributed by atoms with Gasteiger partial charge in [-0.05, 0) is 18.5 Å². The van der Waals surface area contributed by atoms with Crippen molar-refractivity contribution in [3.8, 4) is 0 Å². The van der Waals surface area contributed by atoms with Gasteiger partial charge in [0.2, 0.25) is 0 Å². The third-order valence-electron chi connectivity index (χ3n) is 0.500. The second kappa shape index (κ2) is 36.1. The topological polar surface area (TPSA) is 60.7 Å². The number of allylic oxidation sites excluding steroid dienone is 3. The van der Waals surface area contributed by atoms with E-state index in [1.54, 1.807) is 0 Å². The van der Waals surface area contributed by atoms with Crippen molar-refractivity contribution >= 4 is 35.0 Å². The van der Waals surface area contributed by atoms with Crippen LogP contribution in [-0.2, 0) is 0 Å². The second-order valence-corrected chi connectivity index (χ2v) is 3.33. The van der Waals surface area contributed by atoms with Crippen LogP contribution < -0.4 is 0 Å². The Morgan fingerprint density at radius 1 is 0.750 bits per heavy atom. The van der Waals surface area contributed by atoms with Crippen LogP contribution in [0, 0.1) is 0 Å². The molecule has 0 amide bonds. The van der Waals surface area contributed by atoms with Gasteiger partial charge >= 0.3 is 7.32 Å². The molecule has 0 aromatic rings. The molecular formula is C9H24BO3P3. The van der Waals surface area contributed by atoms with Gasteiger partial charge in [0.1, 0.15) is 0 Å². The molecule has 0 spiro atoms. The van der Waals surface area contributed by atoms with Crippen molar-refractivity contribution in [2.75, 3.05) is 18.5 Å². The van der Waals surface area contributed by atoms with Crippen LogP contribution in [0.25, 0.3) is 0 Å². The smallest absolute Gasteiger partial charge is 0.402 e. The molecule has 0 heterocycles. The van der Waals surface area contributed by atoms with Gasteiger partial charge in [0.05, 0.1) is 0 Å². The van der Waals surface area contributed by atoms with Crippen LogP contribution in [0.5, 0.6) is 0 Å². The first-order valence-electron chi connectivity index (χ1n) is 4.45. The molecule has 16 heavy (non-hydrogen) atoms. The van der Waals surface area contributed by atoms with E-state index in [0.29, 0.717) is 0 Å². The Hall–Kier alpha value is 0.455. The predicted octanol–water partition coefficient (Wildman–Crippen LogP) is 1.09. The van der Waals surface area contributed by atoms with Crippen LogP contribution in [0.15, 0.2) is 38.0 Å². The third-order valence-corrected chi connectivity index (χ3v) is 1.50. The Bertz CT molecular complexity index is 113. The van der Waals surface area contributed by atoms with E-state index in [2.05, 4.69) is 47.5 Å². The van der Waals surface area contributed by atoms with E-state index in [9.17, 15) is 0 Å². The van der Waals surface area contributed by atoms with Crippen molar-refractivity contribution < 1.29 is 15.1 Å². The maximum absolute atomic E-state index is 7.17. The maximum atomic E-state index is 7.17. The summed E-state index contributed by atoms with van der Waals surface area (Å²) in [7, 11) is 5.44. The molecule has 0 aromatic heterocycles. The van der Waals surface area contributed by atoms with Gasteiger partial charge in [0.25, 0.3) is 0 Å². The molecule has 3 unspecified atom stereocenters. The summed E-state index contributed by atoms with van der Waals surface area (Å²) < 4.78 is 0. The van der Waals surface area contributed by atoms with Gasteiger partial charge in [-0.3, -0.25) is 0 Å². The third kappa shape index (κ3) is 219. The SMILES string of the molecule is C=CCP.C=CCP.C=CCP.OB(O)O. The van der Waals surface area contributed by atoms with E-state index in [-0.39, 0.29) is 0 Å². The van der Waals surface area contributed by atoms with Gasteiger partial charge in [-0.1, -0.05) is 18.2 Å². The van der Waals surface area contributed by atoms with Gasteiger partial charge in [0, 0.05) is 0 Å². The molecule has 0 aliphatic carbocycles. The lowest BCUT2D eigenvalue weighted by Crippen LogP contribution is -2.07. The largest absolute Gasteiger partial charge is 0.631 e. The van der Waals surface area contributed by atoms with Crippen molar-refractivity contribution in [2.45, 2.75) is 0 Å². The highest BCUT2D eigenvalue weighted by Crippen LogP contribution is 1.74. The Balaban J connectivity index is -0.0000000600. The van der Waals surface area contributed by atoms with Crippen molar-refractivity contribution in [3.05, 3.63) is 38.0 Å². The zero-order valence-electron chi connectivity index (χ0n) is 9.63. The summed E-state index contributed by atoms with van der Waals surface area (Å²) in [4.78, 5) is 0. The standard InChI is InChI=1S/3C3H7P.BH3O3/c3*1-2-3-4;2-1(3)4/h3*2H,1,3-4H2;2-4H. The Kier molecular flexibility index (Phi) is 57.2. The van der Waals surface area contributed by atoms with Gasteiger partial charge < -0.3 is 15.1 Å². The Labute approximate surface area is 107 Å². The molecule has 0 radical (unpaired) electrons. The minimum atomic E-state index is -2.17. The highest BCUT2D eigenvalue weighted by atomic mass is 31.0. The van der Waals surface area contributed by atoms with E-state index in [1.165, 1.54) is 0 Å². The van der Waals surface area contributed by atoms with Crippen LogP contribution >= 0.6 is 27.7 Å². The molecule has 0 fully saturated rings. The molecule has 96 valence electrons. The second-order valence-electron chi connectivity index (χ2n) is 1.92. The van der Waals surface area contributed by atoms with Gasteiger partial charge in [-0.2, -0.15) is 0 Å². The lowest BCUT2D eigenvalue weighted by molar-refractivity contribution is 0.278. The maximum Gasteiger partial charge on any atom is 0.631 e. The average molecular weight is 284 g/mol. The van der Waals surface area contributed by atoms with E-state index in [4.69, 9.17) is 15.1 Å². The quantitative estimate of drug-likeness (QED) is 0.413. The fourth-order valence-electron chi connectivity index (χ4n) is 0. The first-order chi connectivity index (χ1) is 7.47. The number of hydrogen-bond acceptors (Lipinski definition) is 3. The molecule has 7 heteroatoms. The summed E-state index contributed by atoms with van der Waals surface area (Å²) in [5.74, 6) is 0. The number of hydrogen-bond donors (Lipinski definition) is 3. The monoisotopic (exact) mass is 284 g/mol. The summed E-state index contributed by atoms with van der Waals surface area (Å²) in [6.45, 7) is 10.4. The van der Waals surface area contributed by atoms with Crippen molar-refractivity contribution in [2.24, 2.45) is 0 Å². The zero-order chi connectivity index (χ0) is 13.8. The highest BCUT2D eigenvalue weighted by molar-refractivity contribution is 7.17. The van der Waals surface area contributed by atoms with E-state index >= 15 is 0 Å². The fourth-order valence-corrected chi connectivity index (χ4v) is 0. The average Bonchev–Trinajstić information content (AvgIpc) is 2.28. The summed E-state index contributed by atoms with van der Waals surface area (Å²) >= 11 is 0. The summed E-state index contributed by atoms with van der Waals surface area (Å²) in [6, 6.07) is 0. The number of rotatable bonds is 3. The van der Waals surface area contributed by atoms with Crippen molar-refractivity contribution in [1.82, 2.24) is 0 Å². The van der Waals surface area contributed by atoms with Crippen LogP contribution in [0.4, 0.5) is 0 Å². The molecule has 0 aromatic carbocycles. The molecule has 3 atom stereocenters. The van der Waals surface area contributed by atoms with Crippen LogP contribution in [0.2, 0.25) is 0 Å². The molecule has 0 bridgehead atoms. The van der Waals surface area contributed by atoms with Crippen molar-refractivity contribution in [3.63, 3.8) is 0 Å². The first kappa shape index (κ1) is 25.3. The Morgan fingerprint density at radius 2 is 0.812 bits per heavy atom. The van der Waals surface area contributed by atoms with Crippen LogP contribution in [0.1, 0.15) is 0 Å². The van der Waals surface area contributed by atoms with Crippen LogP contribution in [0.3, 0.4) is 0 Å². The first-order valence-corrected chi connectivity index (χ1v) is 6.90. The van der Waals surface area contributed by atoms with Crippen LogP contribution in [-0.4, -0.2) is 40.9 Å². The molecule has 0 aliphatic rings.